The quantitative estimate of drug-likeness (QED) is 0.920. The second kappa shape index (κ2) is 5.16. The number of carboxylic acids is 1. The molecule has 6 heteroatoms. The molecule has 1 amide bonds. The molecule has 2 unspecified atom stereocenters. The van der Waals surface area contributed by atoms with Crippen LogP contribution in [0.3, 0.4) is 0 Å². The van der Waals surface area contributed by atoms with E-state index < -0.39 is 5.97 Å². The van der Waals surface area contributed by atoms with Crippen molar-refractivity contribution in [3.8, 4) is 0 Å². The summed E-state index contributed by atoms with van der Waals surface area (Å²) in [4.78, 5) is 25.2. The zero-order valence-electron chi connectivity index (χ0n) is 12.5. The Kier molecular flexibility index (Phi) is 3.47. The minimum absolute atomic E-state index is 0.193. The van der Waals surface area contributed by atoms with Crippen LogP contribution >= 0.6 is 0 Å². The van der Waals surface area contributed by atoms with E-state index in [0.717, 1.165) is 32.4 Å². The summed E-state index contributed by atoms with van der Waals surface area (Å²) in [5, 5.41) is 13.3. The van der Waals surface area contributed by atoms with Crippen LogP contribution in [-0.2, 0) is 4.79 Å². The van der Waals surface area contributed by atoms with Crippen molar-refractivity contribution in [1.29, 1.82) is 0 Å². The molecule has 114 valence electrons. The Labute approximate surface area is 123 Å². The van der Waals surface area contributed by atoms with Crippen molar-refractivity contribution >= 4 is 11.9 Å². The summed E-state index contributed by atoms with van der Waals surface area (Å²) < 4.78 is 1.81. The maximum atomic E-state index is 12.2. The fraction of sp³-hybridized carbons (Fsp3) is 0.667. The molecule has 1 saturated heterocycles. The Morgan fingerprint density at radius 3 is 2.43 bits per heavy atom. The highest BCUT2D eigenvalue weighted by Gasteiger charge is 2.42. The highest BCUT2D eigenvalue weighted by atomic mass is 16.4. The Balaban J connectivity index is 1.63. The predicted molar refractivity (Wildman–Crippen MR) is 76.0 cm³/mol. The van der Waals surface area contributed by atoms with E-state index in [4.69, 9.17) is 5.11 Å². The molecule has 1 aromatic heterocycles. The van der Waals surface area contributed by atoms with Gasteiger partial charge in [0.05, 0.1) is 17.9 Å². The van der Waals surface area contributed by atoms with Crippen LogP contribution in [0, 0.1) is 18.8 Å². The van der Waals surface area contributed by atoms with E-state index in [0.29, 0.717) is 17.5 Å². The van der Waals surface area contributed by atoms with Crippen molar-refractivity contribution in [3.63, 3.8) is 0 Å². The van der Waals surface area contributed by atoms with Crippen LogP contribution in [0.2, 0.25) is 0 Å². The number of hydrogen-bond donors (Lipinski definition) is 1. The van der Waals surface area contributed by atoms with Gasteiger partial charge in [0, 0.05) is 19.0 Å². The van der Waals surface area contributed by atoms with E-state index in [9.17, 15) is 9.59 Å². The van der Waals surface area contributed by atoms with E-state index in [2.05, 4.69) is 12.0 Å². The molecule has 1 saturated carbocycles. The number of nitrogens with zero attached hydrogens (tertiary/aromatic N) is 3. The third-order valence-electron chi connectivity index (χ3n) is 4.82. The lowest BCUT2D eigenvalue weighted by Gasteiger charge is -2.33. The molecule has 0 aromatic carbocycles. The molecule has 1 aromatic rings. The highest BCUT2D eigenvalue weighted by molar-refractivity contribution is 5.88. The molecular formula is C15H21N3O3. The van der Waals surface area contributed by atoms with Crippen molar-refractivity contribution < 1.29 is 14.7 Å². The maximum absolute atomic E-state index is 12.2. The van der Waals surface area contributed by atoms with E-state index in [1.165, 1.54) is 6.20 Å². The molecule has 2 atom stereocenters. The van der Waals surface area contributed by atoms with Crippen LogP contribution < -0.4 is 0 Å². The summed E-state index contributed by atoms with van der Waals surface area (Å²) in [7, 11) is 0. The molecule has 2 aliphatic rings. The van der Waals surface area contributed by atoms with Crippen molar-refractivity contribution in [2.45, 2.75) is 39.2 Å². The minimum atomic E-state index is -0.936. The van der Waals surface area contributed by atoms with Crippen LogP contribution in [-0.4, -0.2) is 44.8 Å². The van der Waals surface area contributed by atoms with Gasteiger partial charge in [0.15, 0.2) is 0 Å². The van der Waals surface area contributed by atoms with Gasteiger partial charge in [-0.15, -0.1) is 0 Å². The Bertz CT molecular complexity index is 573. The lowest BCUT2D eigenvalue weighted by molar-refractivity contribution is -0.134. The molecular weight excluding hydrogens is 270 g/mol. The van der Waals surface area contributed by atoms with Crippen LogP contribution in [0.1, 0.15) is 48.3 Å². The Hall–Kier alpha value is -1.85. The molecule has 0 bridgehead atoms. The molecule has 2 fully saturated rings. The first-order valence-electron chi connectivity index (χ1n) is 7.55. The van der Waals surface area contributed by atoms with Gasteiger partial charge in [-0.3, -0.25) is 9.48 Å². The van der Waals surface area contributed by atoms with Gasteiger partial charge in [-0.05, 0) is 32.1 Å². The first-order valence-corrected chi connectivity index (χ1v) is 7.55. The molecule has 1 N–H and O–H groups in total. The molecule has 1 aliphatic heterocycles. The number of aromatic carboxylic acids is 1. The minimum Gasteiger partial charge on any atom is -0.478 e. The van der Waals surface area contributed by atoms with Crippen LogP contribution in [0.15, 0.2) is 6.20 Å². The van der Waals surface area contributed by atoms with Crippen molar-refractivity contribution in [1.82, 2.24) is 14.7 Å². The van der Waals surface area contributed by atoms with E-state index in [1.807, 2.05) is 9.58 Å². The van der Waals surface area contributed by atoms with Gasteiger partial charge >= 0.3 is 5.97 Å². The van der Waals surface area contributed by atoms with E-state index >= 15 is 0 Å². The fourth-order valence-electron chi connectivity index (χ4n) is 3.23. The van der Waals surface area contributed by atoms with E-state index in [-0.39, 0.29) is 17.5 Å². The summed E-state index contributed by atoms with van der Waals surface area (Å²) in [5.74, 6) is 0.145. The fourth-order valence-corrected chi connectivity index (χ4v) is 3.23. The molecule has 2 heterocycles. The number of aromatic nitrogens is 2. The number of hydrogen-bond acceptors (Lipinski definition) is 3. The van der Waals surface area contributed by atoms with Crippen LogP contribution in [0.4, 0.5) is 0 Å². The van der Waals surface area contributed by atoms with Gasteiger partial charge in [-0.2, -0.15) is 5.10 Å². The zero-order chi connectivity index (χ0) is 15.1. The smallest absolute Gasteiger partial charge is 0.339 e. The largest absolute Gasteiger partial charge is 0.478 e. The summed E-state index contributed by atoms with van der Waals surface area (Å²) in [6, 6.07) is 0.193. The molecule has 21 heavy (non-hydrogen) atoms. The Morgan fingerprint density at radius 1 is 1.33 bits per heavy atom. The lowest BCUT2D eigenvalue weighted by Crippen LogP contribution is -2.40. The van der Waals surface area contributed by atoms with Crippen LogP contribution in [0.5, 0.6) is 0 Å². The molecule has 1 aliphatic carbocycles. The average molecular weight is 291 g/mol. The molecule has 3 rings (SSSR count). The average Bonchev–Trinajstić information content (AvgIpc) is 3.06. The number of carboxylic acid groups (broad SMARTS) is 1. The van der Waals surface area contributed by atoms with Gasteiger partial charge in [-0.25, -0.2) is 4.79 Å². The number of piperidine rings is 1. The number of rotatable bonds is 3. The maximum Gasteiger partial charge on any atom is 0.339 e. The standard InChI is InChI=1S/C15H21N3O3/c1-9-7-12(9)14(19)17-5-3-11(4-6-17)18-10(2)13(8-16-18)15(20)21/h8-9,11-12H,3-7H2,1-2H3,(H,20,21). The normalized spacial score (nSPS) is 25.9. The molecule has 6 nitrogen and oxygen atoms in total. The third-order valence-corrected chi connectivity index (χ3v) is 4.82. The van der Waals surface area contributed by atoms with Crippen molar-refractivity contribution in [3.05, 3.63) is 17.5 Å². The molecule has 0 spiro atoms. The second-order valence-corrected chi connectivity index (χ2v) is 6.27. The van der Waals surface area contributed by atoms with Gasteiger partial charge in [0.1, 0.15) is 5.56 Å². The van der Waals surface area contributed by atoms with Crippen molar-refractivity contribution in [2.24, 2.45) is 11.8 Å². The SMILES string of the molecule is Cc1c(C(=O)O)cnn1C1CCN(C(=O)C2CC2C)CC1. The summed E-state index contributed by atoms with van der Waals surface area (Å²) in [6.45, 7) is 5.40. The second-order valence-electron chi connectivity index (χ2n) is 6.27. The topological polar surface area (TPSA) is 75.4 Å². The van der Waals surface area contributed by atoms with Crippen LogP contribution in [0.25, 0.3) is 0 Å². The van der Waals surface area contributed by atoms with Gasteiger partial charge in [-0.1, -0.05) is 6.92 Å². The summed E-state index contributed by atoms with van der Waals surface area (Å²) in [6.07, 6.45) is 4.13. The zero-order valence-corrected chi connectivity index (χ0v) is 12.5. The summed E-state index contributed by atoms with van der Waals surface area (Å²) in [5.41, 5.74) is 0.961. The molecule has 0 radical (unpaired) electrons. The summed E-state index contributed by atoms with van der Waals surface area (Å²) >= 11 is 0. The predicted octanol–water partition coefficient (Wildman–Crippen LogP) is 1.71. The monoisotopic (exact) mass is 291 g/mol. The highest BCUT2D eigenvalue weighted by Crippen LogP contribution is 2.40. The van der Waals surface area contributed by atoms with E-state index in [1.54, 1.807) is 6.92 Å². The van der Waals surface area contributed by atoms with Crippen molar-refractivity contribution in [2.75, 3.05) is 13.1 Å². The Morgan fingerprint density at radius 2 is 1.95 bits per heavy atom. The number of likely N-dealkylation sites (tertiary alicyclic amines) is 1. The number of carbonyl (C=O) groups excluding carboxylic acids is 1. The third kappa shape index (κ3) is 2.54. The van der Waals surface area contributed by atoms with Gasteiger partial charge in [0.2, 0.25) is 5.91 Å². The number of amides is 1. The lowest BCUT2D eigenvalue weighted by atomic mass is 10.0. The first-order chi connectivity index (χ1) is 9.99. The number of carbonyl (C=O) groups is 2. The first kappa shape index (κ1) is 14.1. The van der Waals surface area contributed by atoms with Gasteiger partial charge < -0.3 is 10.0 Å². The van der Waals surface area contributed by atoms with Gasteiger partial charge in [0.25, 0.3) is 0 Å².